The van der Waals surface area contributed by atoms with Gasteiger partial charge in [0, 0.05) is 24.8 Å². The van der Waals surface area contributed by atoms with Crippen molar-refractivity contribution in [3.63, 3.8) is 0 Å². The van der Waals surface area contributed by atoms with Gasteiger partial charge in [-0.2, -0.15) is 18.3 Å². The Balaban J connectivity index is 2.20. The third-order valence-corrected chi connectivity index (χ3v) is 4.59. The third-order valence-electron chi connectivity index (χ3n) is 4.59. The Hall–Kier alpha value is -3.30. The molecule has 1 amide bonds. The van der Waals surface area contributed by atoms with Crippen LogP contribution in [0.15, 0.2) is 43.0 Å². The van der Waals surface area contributed by atoms with Gasteiger partial charge in [0.05, 0.1) is 11.3 Å². The lowest BCUT2D eigenvalue weighted by Crippen LogP contribution is -2.20. The van der Waals surface area contributed by atoms with Gasteiger partial charge >= 0.3 is 6.18 Å². The van der Waals surface area contributed by atoms with Gasteiger partial charge in [-0.1, -0.05) is 19.9 Å². The van der Waals surface area contributed by atoms with Crippen molar-refractivity contribution in [2.24, 2.45) is 11.7 Å². The summed E-state index contributed by atoms with van der Waals surface area (Å²) in [7, 11) is 0. The van der Waals surface area contributed by atoms with Gasteiger partial charge in [-0.05, 0) is 42.4 Å². The average Bonchev–Trinajstić information content (AvgIpc) is 3.08. The van der Waals surface area contributed by atoms with E-state index in [9.17, 15) is 18.0 Å². The first-order valence-electron chi connectivity index (χ1n) is 9.34. The van der Waals surface area contributed by atoms with Crippen molar-refractivity contribution < 1.29 is 18.0 Å². The lowest BCUT2D eigenvalue weighted by molar-refractivity contribution is -0.141. The van der Waals surface area contributed by atoms with E-state index in [4.69, 9.17) is 5.73 Å². The largest absolute Gasteiger partial charge is 0.436 e. The van der Waals surface area contributed by atoms with Crippen LogP contribution in [-0.2, 0) is 12.6 Å². The van der Waals surface area contributed by atoms with Crippen LogP contribution in [0.2, 0.25) is 0 Å². The van der Waals surface area contributed by atoms with Gasteiger partial charge in [0.1, 0.15) is 0 Å². The summed E-state index contributed by atoms with van der Waals surface area (Å²) in [5.41, 5.74) is 4.24. The zero-order valence-corrected chi connectivity index (χ0v) is 16.5. The minimum Gasteiger partial charge on any atom is -0.365 e. The predicted molar refractivity (Wildman–Crippen MR) is 103 cm³/mol. The normalized spacial score (nSPS) is 12.9. The molecular weight excluding hydrogens is 397 g/mol. The van der Waals surface area contributed by atoms with Gasteiger partial charge in [0.2, 0.25) is 0 Å². The summed E-state index contributed by atoms with van der Waals surface area (Å²) in [6, 6.07) is 5.15. The summed E-state index contributed by atoms with van der Waals surface area (Å²) in [6.07, 6.45) is 1.95. The number of primary amides is 1. The quantitative estimate of drug-likeness (QED) is 0.633. The van der Waals surface area contributed by atoms with Crippen LogP contribution < -0.4 is 5.73 Å². The van der Waals surface area contributed by atoms with Crippen molar-refractivity contribution in [2.45, 2.75) is 38.8 Å². The van der Waals surface area contributed by atoms with Crippen molar-refractivity contribution in [2.75, 3.05) is 0 Å². The molecule has 3 heterocycles. The number of hydrogen-bond donors (Lipinski definition) is 1. The summed E-state index contributed by atoms with van der Waals surface area (Å²) in [5.74, 6) is -1.23. The number of nitrogens with two attached hydrogens (primary N) is 1. The number of carbonyl (C=O) groups is 1. The number of nitrogens with zero attached hydrogens (tertiary/aromatic N) is 5. The Labute approximate surface area is 171 Å². The summed E-state index contributed by atoms with van der Waals surface area (Å²) < 4.78 is 41.9. The van der Waals surface area contributed by atoms with E-state index in [-0.39, 0.29) is 29.9 Å². The lowest BCUT2D eigenvalue weighted by Gasteiger charge is -2.20. The van der Waals surface area contributed by atoms with Crippen LogP contribution in [0.4, 0.5) is 13.2 Å². The molecule has 3 rings (SSSR count). The Morgan fingerprint density at radius 3 is 2.40 bits per heavy atom. The topological polar surface area (TPSA) is 99.6 Å². The number of alkyl halides is 3. The smallest absolute Gasteiger partial charge is 0.365 e. The number of pyridine rings is 1. The number of carbonyl (C=O) groups excluding carboxylic acids is 1. The highest BCUT2D eigenvalue weighted by atomic mass is 19.4. The van der Waals surface area contributed by atoms with Gasteiger partial charge in [0.25, 0.3) is 11.9 Å². The molecule has 7 nitrogen and oxygen atoms in total. The summed E-state index contributed by atoms with van der Waals surface area (Å²) in [4.78, 5) is 24.2. The molecule has 2 N–H and O–H groups in total. The van der Waals surface area contributed by atoms with Gasteiger partial charge in [-0.25, -0.2) is 14.6 Å². The molecule has 0 aliphatic rings. The van der Waals surface area contributed by atoms with E-state index in [2.05, 4.69) is 20.1 Å². The van der Waals surface area contributed by atoms with Crippen LogP contribution in [-0.4, -0.2) is 30.6 Å². The minimum absolute atomic E-state index is 0.0236. The highest BCUT2D eigenvalue weighted by molar-refractivity contribution is 5.95. The molecule has 3 aromatic heterocycles. The molecule has 0 spiro atoms. The molecule has 158 valence electrons. The van der Waals surface area contributed by atoms with Crippen molar-refractivity contribution in [3.8, 4) is 5.95 Å². The van der Waals surface area contributed by atoms with Gasteiger partial charge < -0.3 is 5.73 Å². The second-order valence-corrected chi connectivity index (χ2v) is 7.31. The maximum Gasteiger partial charge on any atom is 0.436 e. The van der Waals surface area contributed by atoms with E-state index in [0.717, 1.165) is 10.2 Å². The van der Waals surface area contributed by atoms with E-state index in [1.807, 2.05) is 19.9 Å². The van der Waals surface area contributed by atoms with E-state index >= 15 is 0 Å². The first-order chi connectivity index (χ1) is 14.2. The highest BCUT2D eigenvalue weighted by Gasteiger charge is 2.42. The van der Waals surface area contributed by atoms with E-state index < -0.39 is 23.3 Å². The highest BCUT2D eigenvalue weighted by Crippen LogP contribution is 2.36. The van der Waals surface area contributed by atoms with E-state index in [0.29, 0.717) is 6.42 Å². The zero-order chi connectivity index (χ0) is 21.9. The van der Waals surface area contributed by atoms with Gasteiger partial charge in [-0.3, -0.25) is 9.78 Å². The molecule has 0 saturated carbocycles. The van der Waals surface area contributed by atoms with Crippen LogP contribution in [0.1, 0.15) is 53.5 Å². The molecule has 0 aromatic carbocycles. The Bertz CT molecular complexity index is 1000. The number of halogens is 3. The van der Waals surface area contributed by atoms with Crippen LogP contribution in [0.5, 0.6) is 0 Å². The predicted octanol–water partition coefficient (Wildman–Crippen LogP) is 3.55. The Kier molecular flexibility index (Phi) is 6.14. The zero-order valence-electron chi connectivity index (χ0n) is 16.5. The molecule has 0 fully saturated rings. The number of rotatable bonds is 7. The summed E-state index contributed by atoms with van der Waals surface area (Å²) >= 11 is 0. The SMILES string of the molecule is CC(C)CC(Cc1c(C(N)=O)c(C(F)(F)F)nn1-c1ncccn1)c1cccnc1. The minimum atomic E-state index is -4.86. The first kappa shape index (κ1) is 21.4. The molecule has 1 atom stereocenters. The maximum atomic E-state index is 13.7. The fraction of sp³-hybridized carbons (Fsp3) is 0.350. The molecule has 0 bridgehead atoms. The average molecular weight is 418 g/mol. The van der Waals surface area contributed by atoms with Crippen molar-refractivity contribution >= 4 is 5.91 Å². The van der Waals surface area contributed by atoms with Crippen LogP contribution >= 0.6 is 0 Å². The van der Waals surface area contributed by atoms with Crippen molar-refractivity contribution in [1.29, 1.82) is 0 Å². The molecule has 1 unspecified atom stereocenters. The molecule has 0 saturated heterocycles. The molecule has 0 aliphatic heterocycles. The lowest BCUT2D eigenvalue weighted by atomic mass is 9.86. The molecule has 3 aromatic rings. The number of aromatic nitrogens is 5. The maximum absolute atomic E-state index is 13.7. The standard InChI is InChI=1S/C20H21F3N6O/c1-12(2)9-14(13-5-3-6-25-11-13)10-15-16(18(24)30)17(20(21,22)23)28-29(15)19-26-7-4-8-27-19/h3-8,11-12,14H,9-10H2,1-2H3,(H2,24,30). The Morgan fingerprint density at radius 2 is 1.87 bits per heavy atom. The summed E-state index contributed by atoms with van der Waals surface area (Å²) in [5, 5.41) is 3.65. The molecular formula is C20H21F3N6O. The van der Waals surface area contributed by atoms with Crippen LogP contribution in [0.3, 0.4) is 0 Å². The first-order valence-corrected chi connectivity index (χ1v) is 9.34. The third kappa shape index (κ3) is 4.64. The second-order valence-electron chi connectivity index (χ2n) is 7.31. The summed E-state index contributed by atoms with van der Waals surface area (Å²) in [6.45, 7) is 4.02. The fourth-order valence-electron chi connectivity index (χ4n) is 3.42. The monoisotopic (exact) mass is 418 g/mol. The Morgan fingerprint density at radius 1 is 1.17 bits per heavy atom. The number of hydrogen-bond acceptors (Lipinski definition) is 5. The van der Waals surface area contributed by atoms with Gasteiger partial charge in [-0.15, -0.1) is 0 Å². The molecule has 30 heavy (non-hydrogen) atoms. The van der Waals surface area contributed by atoms with Crippen molar-refractivity contribution in [3.05, 3.63) is 65.5 Å². The van der Waals surface area contributed by atoms with E-state index in [1.165, 1.54) is 18.5 Å². The second kappa shape index (κ2) is 8.60. The molecule has 0 aliphatic carbocycles. The van der Waals surface area contributed by atoms with Gasteiger partial charge in [0.15, 0.2) is 5.69 Å². The molecule has 0 radical (unpaired) electrons. The van der Waals surface area contributed by atoms with Crippen LogP contribution in [0, 0.1) is 5.92 Å². The molecule has 10 heteroatoms. The number of amides is 1. The van der Waals surface area contributed by atoms with Crippen LogP contribution in [0.25, 0.3) is 5.95 Å². The van der Waals surface area contributed by atoms with E-state index in [1.54, 1.807) is 18.5 Å². The van der Waals surface area contributed by atoms with Crippen molar-refractivity contribution in [1.82, 2.24) is 24.7 Å². The fourth-order valence-corrected chi connectivity index (χ4v) is 3.42.